The lowest BCUT2D eigenvalue weighted by molar-refractivity contribution is -0.384. The summed E-state index contributed by atoms with van der Waals surface area (Å²) in [4.78, 5) is 21.2. The summed E-state index contributed by atoms with van der Waals surface area (Å²) in [6.45, 7) is 0. The summed E-state index contributed by atoms with van der Waals surface area (Å²) in [5, 5.41) is 12.6. The molecule has 34 heavy (non-hydrogen) atoms. The Morgan fingerprint density at radius 3 is 2.12 bits per heavy atom. The molecule has 2 heterocycles. The summed E-state index contributed by atoms with van der Waals surface area (Å²) in [7, 11) is 0. The van der Waals surface area contributed by atoms with E-state index >= 15 is 0 Å². The number of aromatic nitrogens is 2. The minimum atomic E-state index is -0.339. The van der Waals surface area contributed by atoms with Gasteiger partial charge in [-0.15, -0.1) is 11.3 Å². The maximum absolute atomic E-state index is 11.6. The van der Waals surface area contributed by atoms with Crippen molar-refractivity contribution in [3.63, 3.8) is 0 Å². The van der Waals surface area contributed by atoms with Crippen LogP contribution >= 0.6 is 11.3 Å². The van der Waals surface area contributed by atoms with Crippen LogP contribution in [0.5, 0.6) is 0 Å². The number of nitro benzene ring substituents is 1. The zero-order chi connectivity index (χ0) is 23.1. The Kier molecular flexibility index (Phi) is 4.86. The van der Waals surface area contributed by atoms with Gasteiger partial charge in [0.05, 0.1) is 26.4 Å². The normalized spacial score (nSPS) is 11.2. The zero-order valence-electron chi connectivity index (χ0n) is 17.9. The lowest BCUT2D eigenvalue weighted by Gasteiger charge is -2.07. The SMILES string of the molecule is O=[N+]([O-])c1ccccc1-c1ccc2sc3c(-c4ccccc4)nc(-c4ccccc4)nc3c2c1. The van der Waals surface area contributed by atoms with Crippen LogP contribution in [0.4, 0.5) is 5.69 Å². The second-order valence-corrected chi connectivity index (χ2v) is 8.95. The van der Waals surface area contributed by atoms with Crippen molar-refractivity contribution in [1.82, 2.24) is 9.97 Å². The number of para-hydroxylation sites is 1. The number of hydrogen-bond donors (Lipinski definition) is 0. The summed E-state index contributed by atoms with van der Waals surface area (Å²) in [5.41, 5.74) is 5.18. The van der Waals surface area contributed by atoms with Crippen LogP contribution in [0, 0.1) is 10.1 Å². The number of thiophene rings is 1. The molecule has 0 unspecified atom stereocenters. The first kappa shape index (κ1) is 20.2. The molecule has 0 fully saturated rings. The summed E-state index contributed by atoms with van der Waals surface area (Å²) in [5.74, 6) is 0.655. The molecule has 4 aromatic carbocycles. The first-order valence-electron chi connectivity index (χ1n) is 10.8. The molecular weight excluding hydrogens is 442 g/mol. The van der Waals surface area contributed by atoms with E-state index in [4.69, 9.17) is 9.97 Å². The lowest BCUT2D eigenvalue weighted by atomic mass is 10.0. The van der Waals surface area contributed by atoms with Gasteiger partial charge in [-0.1, -0.05) is 78.9 Å². The third-order valence-corrected chi connectivity index (χ3v) is 6.97. The van der Waals surface area contributed by atoms with Gasteiger partial charge in [0.2, 0.25) is 0 Å². The first-order valence-corrected chi connectivity index (χ1v) is 11.6. The highest BCUT2D eigenvalue weighted by Crippen LogP contribution is 2.41. The molecule has 6 heteroatoms. The van der Waals surface area contributed by atoms with Crippen LogP contribution in [0.15, 0.2) is 103 Å². The van der Waals surface area contributed by atoms with Crippen molar-refractivity contribution >= 4 is 37.3 Å². The molecule has 0 atom stereocenters. The fourth-order valence-electron chi connectivity index (χ4n) is 4.20. The third kappa shape index (κ3) is 3.41. The standard InChI is InChI=1S/C28H17N3O2S/c32-31(33)23-14-8-7-13-21(23)20-15-16-24-22(17-20)26-27(34-24)25(18-9-3-1-4-10-18)29-28(30-26)19-11-5-2-6-12-19/h1-17H. The highest BCUT2D eigenvalue weighted by molar-refractivity contribution is 7.26. The van der Waals surface area contributed by atoms with Gasteiger partial charge in [0.15, 0.2) is 5.82 Å². The molecule has 0 aliphatic carbocycles. The Bertz CT molecular complexity index is 1680. The molecule has 0 aliphatic heterocycles. The molecule has 6 rings (SSSR count). The summed E-state index contributed by atoms with van der Waals surface area (Å²) < 4.78 is 2.06. The van der Waals surface area contributed by atoms with Gasteiger partial charge in [-0.3, -0.25) is 10.1 Å². The lowest BCUT2D eigenvalue weighted by Crippen LogP contribution is -1.93. The Balaban J connectivity index is 1.66. The van der Waals surface area contributed by atoms with Crippen LogP contribution in [0.3, 0.4) is 0 Å². The van der Waals surface area contributed by atoms with Crippen LogP contribution < -0.4 is 0 Å². The molecule has 0 amide bonds. The number of rotatable bonds is 4. The van der Waals surface area contributed by atoms with Gasteiger partial charge in [0.25, 0.3) is 5.69 Å². The predicted octanol–water partition coefficient (Wildman–Crippen LogP) is 7.75. The van der Waals surface area contributed by atoms with Crippen LogP contribution in [0.25, 0.3) is 54.1 Å². The molecule has 162 valence electrons. The number of fused-ring (bicyclic) bond motifs is 3. The van der Waals surface area contributed by atoms with E-state index in [0.717, 1.165) is 42.7 Å². The van der Waals surface area contributed by atoms with Gasteiger partial charge in [0, 0.05) is 27.3 Å². The van der Waals surface area contributed by atoms with Crippen LogP contribution in [-0.2, 0) is 0 Å². The van der Waals surface area contributed by atoms with Crippen molar-refractivity contribution in [3.8, 4) is 33.8 Å². The molecule has 0 bridgehead atoms. The van der Waals surface area contributed by atoms with Crippen molar-refractivity contribution in [3.05, 3.63) is 113 Å². The van der Waals surface area contributed by atoms with E-state index in [2.05, 4.69) is 12.1 Å². The van der Waals surface area contributed by atoms with Gasteiger partial charge < -0.3 is 0 Å². The third-order valence-electron chi connectivity index (χ3n) is 5.80. The quantitative estimate of drug-likeness (QED) is 0.200. The fraction of sp³-hybridized carbons (Fsp3) is 0. The van der Waals surface area contributed by atoms with Gasteiger partial charge >= 0.3 is 0 Å². The Morgan fingerprint density at radius 2 is 1.38 bits per heavy atom. The maximum Gasteiger partial charge on any atom is 0.277 e. The van der Waals surface area contributed by atoms with E-state index in [1.165, 1.54) is 6.07 Å². The fourth-order valence-corrected chi connectivity index (χ4v) is 5.33. The largest absolute Gasteiger partial charge is 0.277 e. The predicted molar refractivity (Wildman–Crippen MR) is 138 cm³/mol. The zero-order valence-corrected chi connectivity index (χ0v) is 18.7. The van der Waals surface area contributed by atoms with E-state index in [0.29, 0.717) is 11.4 Å². The van der Waals surface area contributed by atoms with Gasteiger partial charge in [-0.2, -0.15) is 0 Å². The minimum absolute atomic E-state index is 0.0889. The van der Waals surface area contributed by atoms with E-state index in [9.17, 15) is 10.1 Å². The van der Waals surface area contributed by atoms with E-state index in [1.54, 1.807) is 23.5 Å². The monoisotopic (exact) mass is 459 g/mol. The minimum Gasteiger partial charge on any atom is -0.258 e. The number of hydrogen-bond acceptors (Lipinski definition) is 5. The molecule has 0 aliphatic rings. The second-order valence-electron chi connectivity index (χ2n) is 7.89. The number of nitro groups is 1. The molecule has 2 aromatic heterocycles. The van der Waals surface area contributed by atoms with Crippen molar-refractivity contribution < 1.29 is 4.92 Å². The van der Waals surface area contributed by atoms with Crippen LogP contribution in [-0.4, -0.2) is 14.9 Å². The molecular formula is C28H17N3O2S. The molecule has 6 aromatic rings. The molecule has 0 spiro atoms. The van der Waals surface area contributed by atoms with Crippen molar-refractivity contribution in [2.75, 3.05) is 0 Å². The van der Waals surface area contributed by atoms with Crippen LogP contribution in [0.1, 0.15) is 0 Å². The molecule has 0 radical (unpaired) electrons. The molecule has 0 saturated heterocycles. The summed E-state index contributed by atoms with van der Waals surface area (Å²) in [6.07, 6.45) is 0. The first-order chi connectivity index (χ1) is 16.7. The number of benzene rings is 4. The van der Waals surface area contributed by atoms with Gasteiger partial charge in [-0.05, 0) is 23.8 Å². The summed E-state index contributed by atoms with van der Waals surface area (Å²) >= 11 is 1.64. The topological polar surface area (TPSA) is 68.9 Å². The van der Waals surface area contributed by atoms with E-state index in [-0.39, 0.29) is 10.6 Å². The summed E-state index contributed by atoms with van der Waals surface area (Å²) in [6, 6.07) is 32.8. The highest BCUT2D eigenvalue weighted by atomic mass is 32.1. The van der Waals surface area contributed by atoms with E-state index in [1.807, 2.05) is 72.8 Å². The van der Waals surface area contributed by atoms with Crippen molar-refractivity contribution in [2.45, 2.75) is 0 Å². The van der Waals surface area contributed by atoms with Gasteiger partial charge in [-0.25, -0.2) is 9.97 Å². The Hall–Kier alpha value is -4.42. The highest BCUT2D eigenvalue weighted by Gasteiger charge is 2.19. The molecule has 5 nitrogen and oxygen atoms in total. The van der Waals surface area contributed by atoms with E-state index < -0.39 is 0 Å². The molecule has 0 N–H and O–H groups in total. The number of nitrogens with zero attached hydrogens (tertiary/aromatic N) is 3. The average Bonchev–Trinajstić information content (AvgIpc) is 3.27. The smallest absolute Gasteiger partial charge is 0.258 e. The molecule has 0 saturated carbocycles. The Labute approximate surface area is 199 Å². The van der Waals surface area contributed by atoms with Crippen molar-refractivity contribution in [1.29, 1.82) is 0 Å². The average molecular weight is 460 g/mol. The Morgan fingerprint density at radius 1 is 0.706 bits per heavy atom. The maximum atomic E-state index is 11.6. The van der Waals surface area contributed by atoms with Gasteiger partial charge in [0.1, 0.15) is 0 Å². The van der Waals surface area contributed by atoms with Crippen molar-refractivity contribution in [2.24, 2.45) is 0 Å². The van der Waals surface area contributed by atoms with Crippen LogP contribution in [0.2, 0.25) is 0 Å². The second kappa shape index (κ2) is 8.17.